The quantitative estimate of drug-likeness (QED) is 0.611. The lowest BCUT2D eigenvalue weighted by Gasteiger charge is -2.28. The highest BCUT2D eigenvalue weighted by molar-refractivity contribution is 7.92. The molecule has 1 amide bonds. The first-order valence-electron chi connectivity index (χ1n) is 10.0. The number of amides is 1. The van der Waals surface area contributed by atoms with E-state index in [0.29, 0.717) is 12.2 Å². The van der Waals surface area contributed by atoms with Crippen LogP contribution in [0, 0.1) is 20.8 Å². The third-order valence-electron chi connectivity index (χ3n) is 5.34. The van der Waals surface area contributed by atoms with E-state index in [0.717, 1.165) is 34.5 Å². The van der Waals surface area contributed by atoms with Gasteiger partial charge in [0.25, 0.3) is 0 Å². The lowest BCUT2D eigenvalue weighted by Crippen LogP contribution is -2.47. The largest absolute Gasteiger partial charge is 0.350 e. The Morgan fingerprint density at radius 3 is 2.32 bits per heavy atom. The van der Waals surface area contributed by atoms with Crippen molar-refractivity contribution < 1.29 is 13.2 Å². The molecule has 8 heteroatoms. The molecule has 2 aromatic carbocycles. The van der Waals surface area contributed by atoms with Crippen LogP contribution in [-0.2, 0) is 21.4 Å². The summed E-state index contributed by atoms with van der Waals surface area (Å²) in [5.41, 5.74) is 4.40. The number of sulfonamides is 1. The Morgan fingerprint density at radius 2 is 1.77 bits per heavy atom. The van der Waals surface area contributed by atoms with Crippen molar-refractivity contribution in [3.8, 4) is 5.69 Å². The van der Waals surface area contributed by atoms with Gasteiger partial charge in [0.1, 0.15) is 11.9 Å². The second kappa shape index (κ2) is 8.93. The molecule has 0 saturated heterocycles. The van der Waals surface area contributed by atoms with Crippen molar-refractivity contribution in [3.63, 3.8) is 0 Å². The maximum atomic E-state index is 12.8. The smallest absolute Gasteiger partial charge is 0.243 e. The molecule has 1 atom stereocenters. The SMILES string of the molecule is Cc1ccc(N([C@H](C)C(=O)NCc2ccc(-n3ccnc3C)cc2)S(C)(=O)=O)cc1C. The first-order valence-corrected chi connectivity index (χ1v) is 11.9. The summed E-state index contributed by atoms with van der Waals surface area (Å²) in [6.45, 7) is 7.70. The van der Waals surface area contributed by atoms with Gasteiger partial charge in [-0.2, -0.15) is 0 Å². The number of aryl methyl sites for hydroxylation is 3. The maximum absolute atomic E-state index is 12.8. The Kier molecular flexibility index (Phi) is 6.50. The minimum atomic E-state index is -3.65. The number of imidazole rings is 1. The molecule has 1 N–H and O–H groups in total. The van der Waals surface area contributed by atoms with Crippen LogP contribution < -0.4 is 9.62 Å². The molecule has 164 valence electrons. The van der Waals surface area contributed by atoms with Gasteiger partial charge in [0.15, 0.2) is 0 Å². The average molecular weight is 441 g/mol. The van der Waals surface area contributed by atoms with E-state index in [2.05, 4.69) is 10.3 Å². The molecule has 0 radical (unpaired) electrons. The van der Waals surface area contributed by atoms with Gasteiger partial charge in [-0.25, -0.2) is 13.4 Å². The van der Waals surface area contributed by atoms with Gasteiger partial charge in [0.05, 0.1) is 11.9 Å². The van der Waals surface area contributed by atoms with Crippen molar-refractivity contribution in [2.75, 3.05) is 10.6 Å². The van der Waals surface area contributed by atoms with Gasteiger partial charge in [-0.05, 0) is 68.7 Å². The summed E-state index contributed by atoms with van der Waals surface area (Å²) >= 11 is 0. The molecule has 0 aliphatic rings. The summed E-state index contributed by atoms with van der Waals surface area (Å²) < 4.78 is 28.1. The van der Waals surface area contributed by atoms with Crippen molar-refractivity contribution in [2.24, 2.45) is 0 Å². The topological polar surface area (TPSA) is 84.3 Å². The number of carbonyl (C=O) groups is 1. The van der Waals surface area contributed by atoms with E-state index in [9.17, 15) is 13.2 Å². The highest BCUT2D eigenvalue weighted by Crippen LogP contribution is 2.24. The fraction of sp³-hybridized carbons (Fsp3) is 0.304. The van der Waals surface area contributed by atoms with Crippen LogP contribution in [0.5, 0.6) is 0 Å². The van der Waals surface area contributed by atoms with E-state index in [-0.39, 0.29) is 5.91 Å². The summed E-state index contributed by atoms with van der Waals surface area (Å²) in [6.07, 6.45) is 4.75. The monoisotopic (exact) mass is 440 g/mol. The molecule has 1 heterocycles. The van der Waals surface area contributed by atoms with Crippen LogP contribution in [0.15, 0.2) is 54.9 Å². The summed E-state index contributed by atoms with van der Waals surface area (Å²) in [7, 11) is -3.65. The molecule has 3 aromatic rings. The fourth-order valence-corrected chi connectivity index (χ4v) is 4.60. The van der Waals surface area contributed by atoms with Gasteiger partial charge < -0.3 is 9.88 Å². The number of rotatable bonds is 7. The molecule has 0 aliphatic carbocycles. The molecular formula is C23H28N4O3S. The summed E-state index contributed by atoms with van der Waals surface area (Å²) in [5, 5.41) is 2.85. The van der Waals surface area contributed by atoms with Crippen molar-refractivity contribution in [3.05, 3.63) is 77.4 Å². The molecule has 0 spiro atoms. The van der Waals surface area contributed by atoms with Crippen LogP contribution in [-0.4, -0.2) is 36.2 Å². The predicted molar refractivity (Wildman–Crippen MR) is 123 cm³/mol. The van der Waals surface area contributed by atoms with Crippen LogP contribution in [0.1, 0.15) is 29.4 Å². The van der Waals surface area contributed by atoms with E-state index in [1.807, 2.05) is 61.9 Å². The predicted octanol–water partition coefficient (Wildman–Crippen LogP) is 3.27. The van der Waals surface area contributed by atoms with Gasteiger partial charge >= 0.3 is 0 Å². The number of nitrogens with one attached hydrogen (secondary N) is 1. The van der Waals surface area contributed by atoms with Crippen LogP contribution in [0.4, 0.5) is 5.69 Å². The highest BCUT2D eigenvalue weighted by Gasteiger charge is 2.29. The summed E-state index contributed by atoms with van der Waals surface area (Å²) in [6, 6.07) is 12.3. The zero-order valence-corrected chi connectivity index (χ0v) is 19.3. The maximum Gasteiger partial charge on any atom is 0.243 e. The highest BCUT2D eigenvalue weighted by atomic mass is 32.2. The second-order valence-electron chi connectivity index (χ2n) is 7.73. The zero-order valence-electron chi connectivity index (χ0n) is 18.5. The normalized spacial score (nSPS) is 12.4. The average Bonchev–Trinajstić information content (AvgIpc) is 3.14. The fourth-order valence-electron chi connectivity index (χ4n) is 3.43. The first-order chi connectivity index (χ1) is 14.6. The molecular weight excluding hydrogens is 412 g/mol. The second-order valence-corrected chi connectivity index (χ2v) is 9.59. The third-order valence-corrected chi connectivity index (χ3v) is 6.58. The molecule has 0 fully saturated rings. The molecule has 31 heavy (non-hydrogen) atoms. The molecule has 0 saturated carbocycles. The first kappa shape index (κ1) is 22.6. The lowest BCUT2D eigenvalue weighted by atomic mass is 10.1. The van der Waals surface area contributed by atoms with Crippen molar-refractivity contribution >= 4 is 21.6 Å². The van der Waals surface area contributed by atoms with Gasteiger partial charge in [-0.1, -0.05) is 18.2 Å². The molecule has 1 aromatic heterocycles. The van der Waals surface area contributed by atoms with E-state index in [4.69, 9.17) is 0 Å². The van der Waals surface area contributed by atoms with Crippen LogP contribution in [0.2, 0.25) is 0 Å². The van der Waals surface area contributed by atoms with E-state index < -0.39 is 16.1 Å². The Balaban J connectivity index is 1.72. The van der Waals surface area contributed by atoms with Crippen molar-refractivity contribution in [1.82, 2.24) is 14.9 Å². The number of hydrogen-bond acceptors (Lipinski definition) is 4. The van der Waals surface area contributed by atoms with Crippen LogP contribution >= 0.6 is 0 Å². The van der Waals surface area contributed by atoms with Gasteiger partial charge in [-0.3, -0.25) is 9.10 Å². The van der Waals surface area contributed by atoms with E-state index in [1.54, 1.807) is 25.3 Å². The Labute approximate surface area is 183 Å². The van der Waals surface area contributed by atoms with Crippen molar-refractivity contribution in [1.29, 1.82) is 0 Å². The third kappa shape index (κ3) is 5.14. The number of carbonyl (C=O) groups excluding carboxylic acids is 1. The minimum absolute atomic E-state index is 0.302. The number of hydrogen-bond donors (Lipinski definition) is 1. The molecule has 0 aliphatic heterocycles. The van der Waals surface area contributed by atoms with Crippen LogP contribution in [0.25, 0.3) is 5.69 Å². The van der Waals surface area contributed by atoms with Crippen molar-refractivity contribution in [2.45, 2.75) is 40.3 Å². The van der Waals surface area contributed by atoms with Gasteiger partial charge in [0, 0.05) is 24.6 Å². The Bertz CT molecular complexity index is 1180. The van der Waals surface area contributed by atoms with Crippen LogP contribution in [0.3, 0.4) is 0 Å². The number of nitrogens with zero attached hydrogens (tertiary/aromatic N) is 3. The number of anilines is 1. The molecule has 0 bridgehead atoms. The molecule has 0 unspecified atom stereocenters. The lowest BCUT2D eigenvalue weighted by molar-refractivity contribution is -0.122. The Hall–Kier alpha value is -3.13. The molecule has 3 rings (SSSR count). The number of benzene rings is 2. The Morgan fingerprint density at radius 1 is 1.10 bits per heavy atom. The van der Waals surface area contributed by atoms with E-state index >= 15 is 0 Å². The standard InChI is InChI=1S/C23H28N4O3S/c1-16-6-9-22(14-17(16)2)27(31(5,29)30)18(3)23(28)25-15-20-7-10-21(11-8-20)26-13-12-24-19(26)4/h6-14,18H,15H2,1-5H3,(H,25,28)/t18-/m1/s1. The van der Waals surface area contributed by atoms with Gasteiger partial charge in [0.2, 0.25) is 15.9 Å². The van der Waals surface area contributed by atoms with E-state index in [1.165, 1.54) is 4.31 Å². The summed E-state index contributed by atoms with van der Waals surface area (Å²) in [4.78, 5) is 17.0. The van der Waals surface area contributed by atoms with Gasteiger partial charge in [-0.15, -0.1) is 0 Å². The summed E-state index contributed by atoms with van der Waals surface area (Å²) in [5.74, 6) is 0.528. The number of aromatic nitrogens is 2. The molecule has 7 nitrogen and oxygen atoms in total. The zero-order chi connectivity index (χ0) is 22.8. The minimum Gasteiger partial charge on any atom is -0.350 e.